The van der Waals surface area contributed by atoms with Gasteiger partial charge in [0.15, 0.2) is 6.29 Å². The third-order valence-electron chi connectivity index (χ3n) is 1.77. The van der Waals surface area contributed by atoms with Crippen molar-refractivity contribution in [2.24, 2.45) is 0 Å². The number of ether oxygens (including phenoxy) is 1. The standard InChI is InChI=1S/C10H8ClF3O2/c11-8-2-1-3-9(7(8)6-15)16-5-4-10(12,13)14/h1-3,6H,4-5H2. The molecule has 0 atom stereocenters. The van der Waals surface area contributed by atoms with Crippen molar-refractivity contribution in [2.45, 2.75) is 12.6 Å². The maximum atomic E-state index is 11.8. The molecule has 2 nitrogen and oxygen atoms in total. The van der Waals surface area contributed by atoms with Gasteiger partial charge in [-0.1, -0.05) is 17.7 Å². The van der Waals surface area contributed by atoms with Crippen molar-refractivity contribution in [1.82, 2.24) is 0 Å². The second-order valence-electron chi connectivity index (χ2n) is 2.98. The number of rotatable bonds is 4. The smallest absolute Gasteiger partial charge is 0.392 e. The first-order chi connectivity index (χ1) is 7.44. The van der Waals surface area contributed by atoms with Crippen LogP contribution in [0.15, 0.2) is 18.2 Å². The van der Waals surface area contributed by atoms with E-state index in [2.05, 4.69) is 0 Å². The molecule has 0 spiro atoms. The zero-order valence-corrected chi connectivity index (χ0v) is 8.81. The molecule has 0 fully saturated rings. The van der Waals surface area contributed by atoms with Gasteiger partial charge >= 0.3 is 6.18 Å². The van der Waals surface area contributed by atoms with Crippen LogP contribution in [0.1, 0.15) is 16.8 Å². The van der Waals surface area contributed by atoms with Gasteiger partial charge in [-0.05, 0) is 12.1 Å². The van der Waals surface area contributed by atoms with E-state index in [-0.39, 0.29) is 16.3 Å². The summed E-state index contributed by atoms with van der Waals surface area (Å²) in [5, 5.41) is 0.152. The Labute approximate surface area is 95.0 Å². The molecule has 0 saturated carbocycles. The summed E-state index contributed by atoms with van der Waals surface area (Å²) < 4.78 is 40.4. The van der Waals surface area contributed by atoms with Crippen LogP contribution >= 0.6 is 11.6 Å². The van der Waals surface area contributed by atoms with Crippen LogP contribution in [0.5, 0.6) is 5.75 Å². The number of carbonyl (C=O) groups excluding carboxylic acids is 1. The van der Waals surface area contributed by atoms with Gasteiger partial charge in [0.25, 0.3) is 0 Å². The van der Waals surface area contributed by atoms with Gasteiger partial charge in [-0.25, -0.2) is 0 Å². The van der Waals surface area contributed by atoms with E-state index in [9.17, 15) is 18.0 Å². The van der Waals surface area contributed by atoms with Gasteiger partial charge in [-0.3, -0.25) is 4.79 Å². The van der Waals surface area contributed by atoms with E-state index >= 15 is 0 Å². The van der Waals surface area contributed by atoms with Crippen molar-refractivity contribution in [3.05, 3.63) is 28.8 Å². The number of hydrogen-bond donors (Lipinski definition) is 0. The Morgan fingerprint density at radius 2 is 2.06 bits per heavy atom. The summed E-state index contributed by atoms with van der Waals surface area (Å²) in [5.41, 5.74) is 0.0614. The minimum Gasteiger partial charge on any atom is -0.492 e. The van der Waals surface area contributed by atoms with E-state index in [1.807, 2.05) is 0 Å². The topological polar surface area (TPSA) is 26.3 Å². The number of halogens is 4. The summed E-state index contributed by atoms with van der Waals surface area (Å²) in [6, 6.07) is 4.35. The van der Waals surface area contributed by atoms with Crippen LogP contribution in [0, 0.1) is 0 Å². The highest BCUT2D eigenvalue weighted by Crippen LogP contribution is 2.26. The Morgan fingerprint density at radius 3 is 2.62 bits per heavy atom. The normalized spacial score (nSPS) is 11.2. The van der Waals surface area contributed by atoms with Gasteiger partial charge in [-0.2, -0.15) is 13.2 Å². The molecule has 0 aliphatic heterocycles. The summed E-state index contributed by atoms with van der Waals surface area (Å²) >= 11 is 5.66. The van der Waals surface area contributed by atoms with Crippen molar-refractivity contribution in [2.75, 3.05) is 6.61 Å². The molecule has 0 aliphatic rings. The number of benzene rings is 1. The number of hydrogen-bond acceptors (Lipinski definition) is 2. The van der Waals surface area contributed by atoms with Gasteiger partial charge in [0.2, 0.25) is 0 Å². The highest BCUT2D eigenvalue weighted by atomic mass is 35.5. The second-order valence-corrected chi connectivity index (χ2v) is 3.39. The van der Waals surface area contributed by atoms with E-state index in [4.69, 9.17) is 16.3 Å². The predicted molar refractivity (Wildman–Crippen MR) is 53.0 cm³/mol. The lowest BCUT2D eigenvalue weighted by atomic mass is 10.2. The summed E-state index contributed by atoms with van der Waals surface area (Å²) in [7, 11) is 0. The minimum atomic E-state index is -4.28. The van der Waals surface area contributed by atoms with Crippen LogP contribution in [0.25, 0.3) is 0 Å². The molecule has 0 saturated heterocycles. The molecular weight excluding hydrogens is 245 g/mol. The lowest BCUT2D eigenvalue weighted by Crippen LogP contribution is -2.13. The maximum absolute atomic E-state index is 11.8. The molecular formula is C10H8ClF3O2. The van der Waals surface area contributed by atoms with Gasteiger partial charge in [0.05, 0.1) is 23.6 Å². The van der Waals surface area contributed by atoms with E-state index in [0.717, 1.165) is 0 Å². The molecule has 1 aromatic carbocycles. The Kier molecular flexibility index (Phi) is 4.18. The molecule has 0 aliphatic carbocycles. The summed E-state index contributed by atoms with van der Waals surface area (Å²) in [6.07, 6.45) is -4.90. The first-order valence-corrected chi connectivity index (χ1v) is 4.75. The lowest BCUT2D eigenvalue weighted by Gasteiger charge is -2.10. The van der Waals surface area contributed by atoms with Crippen LogP contribution < -0.4 is 4.74 Å². The summed E-state index contributed by atoms with van der Waals surface area (Å²) in [5.74, 6) is 0.0618. The Hall–Kier alpha value is -1.23. The highest BCUT2D eigenvalue weighted by Gasteiger charge is 2.27. The van der Waals surface area contributed by atoms with E-state index in [1.54, 1.807) is 0 Å². The third-order valence-corrected chi connectivity index (χ3v) is 2.10. The van der Waals surface area contributed by atoms with Crippen LogP contribution in [0.2, 0.25) is 5.02 Å². The fourth-order valence-corrected chi connectivity index (χ4v) is 1.24. The molecule has 1 rings (SSSR count). The van der Waals surface area contributed by atoms with E-state index < -0.39 is 19.2 Å². The van der Waals surface area contributed by atoms with Crippen LogP contribution in [0.3, 0.4) is 0 Å². The van der Waals surface area contributed by atoms with Crippen molar-refractivity contribution < 1.29 is 22.7 Å². The van der Waals surface area contributed by atoms with Crippen molar-refractivity contribution in [3.63, 3.8) is 0 Å². The predicted octanol–water partition coefficient (Wildman–Crippen LogP) is 3.48. The molecule has 0 heterocycles. The Bertz CT molecular complexity index is 377. The van der Waals surface area contributed by atoms with Crippen LogP contribution in [-0.4, -0.2) is 19.1 Å². The largest absolute Gasteiger partial charge is 0.492 e. The average Bonchev–Trinajstić information content (AvgIpc) is 2.16. The first-order valence-electron chi connectivity index (χ1n) is 4.37. The fraction of sp³-hybridized carbons (Fsp3) is 0.300. The highest BCUT2D eigenvalue weighted by molar-refractivity contribution is 6.33. The monoisotopic (exact) mass is 252 g/mol. The number of aldehydes is 1. The van der Waals surface area contributed by atoms with Crippen LogP contribution in [-0.2, 0) is 0 Å². The SMILES string of the molecule is O=Cc1c(Cl)cccc1OCCC(F)(F)F. The maximum Gasteiger partial charge on any atom is 0.392 e. The number of alkyl halides is 3. The zero-order valence-electron chi connectivity index (χ0n) is 8.05. The van der Waals surface area contributed by atoms with Gasteiger partial charge < -0.3 is 4.74 Å². The molecule has 0 radical (unpaired) electrons. The molecule has 6 heteroatoms. The molecule has 16 heavy (non-hydrogen) atoms. The van der Waals surface area contributed by atoms with Crippen molar-refractivity contribution in [3.8, 4) is 5.75 Å². The zero-order chi connectivity index (χ0) is 12.2. The van der Waals surface area contributed by atoms with Crippen molar-refractivity contribution in [1.29, 1.82) is 0 Å². The van der Waals surface area contributed by atoms with Crippen molar-refractivity contribution >= 4 is 17.9 Å². The summed E-state index contributed by atoms with van der Waals surface area (Å²) in [4.78, 5) is 10.6. The van der Waals surface area contributed by atoms with Crippen LogP contribution in [0.4, 0.5) is 13.2 Å². The fourth-order valence-electron chi connectivity index (χ4n) is 1.03. The van der Waals surface area contributed by atoms with E-state index in [1.165, 1.54) is 18.2 Å². The first kappa shape index (κ1) is 12.8. The molecule has 0 N–H and O–H groups in total. The molecule has 88 valence electrons. The third kappa shape index (κ3) is 3.73. The second kappa shape index (κ2) is 5.21. The van der Waals surface area contributed by atoms with E-state index in [0.29, 0.717) is 6.29 Å². The Morgan fingerprint density at radius 1 is 1.38 bits per heavy atom. The quantitative estimate of drug-likeness (QED) is 0.767. The minimum absolute atomic E-state index is 0.0614. The lowest BCUT2D eigenvalue weighted by molar-refractivity contribution is -0.139. The molecule has 0 unspecified atom stereocenters. The summed E-state index contributed by atoms with van der Waals surface area (Å²) in [6.45, 7) is -0.537. The molecule has 0 bridgehead atoms. The van der Waals surface area contributed by atoms with Gasteiger partial charge in [0.1, 0.15) is 5.75 Å². The van der Waals surface area contributed by atoms with Gasteiger partial charge in [-0.15, -0.1) is 0 Å². The molecule has 0 aromatic heterocycles. The molecule has 1 aromatic rings. The average molecular weight is 253 g/mol. The molecule has 0 amide bonds. The number of carbonyl (C=O) groups is 1. The van der Waals surface area contributed by atoms with Gasteiger partial charge in [0, 0.05) is 0 Å². The Balaban J connectivity index is 2.67.